The van der Waals surface area contributed by atoms with E-state index in [1.54, 1.807) is 48.5 Å². The Morgan fingerprint density at radius 3 is 2.00 bits per heavy atom. The number of phenols is 2. The Hall–Kier alpha value is -3.01. The van der Waals surface area contributed by atoms with Crippen molar-refractivity contribution < 1.29 is 15.0 Å². The molecule has 1 aliphatic heterocycles. The topological polar surface area (TPSA) is 69.6 Å². The molecule has 3 N–H and O–H groups in total. The fourth-order valence-corrected chi connectivity index (χ4v) is 3.74. The SMILES string of the molecule is O=C1NC2CC=CC=C2C1(c1ccc(O)cc1)c1ccc(O)cc1. The maximum absolute atomic E-state index is 13.1. The van der Waals surface area contributed by atoms with Crippen molar-refractivity contribution in [2.24, 2.45) is 0 Å². The summed E-state index contributed by atoms with van der Waals surface area (Å²) in [7, 11) is 0. The molecule has 4 heteroatoms. The Morgan fingerprint density at radius 1 is 0.917 bits per heavy atom. The van der Waals surface area contributed by atoms with Gasteiger partial charge in [-0.05, 0) is 47.4 Å². The van der Waals surface area contributed by atoms with E-state index in [-0.39, 0.29) is 23.4 Å². The first kappa shape index (κ1) is 14.6. The van der Waals surface area contributed by atoms with Crippen molar-refractivity contribution in [3.8, 4) is 11.5 Å². The van der Waals surface area contributed by atoms with Gasteiger partial charge in [0.1, 0.15) is 16.9 Å². The van der Waals surface area contributed by atoms with Crippen LogP contribution in [0, 0.1) is 0 Å². The van der Waals surface area contributed by atoms with E-state index in [1.165, 1.54) is 0 Å². The molecule has 1 unspecified atom stereocenters. The first-order valence-corrected chi connectivity index (χ1v) is 7.89. The number of fused-ring (bicyclic) bond motifs is 1. The smallest absolute Gasteiger partial charge is 0.239 e. The lowest BCUT2D eigenvalue weighted by atomic mass is 9.68. The summed E-state index contributed by atoms with van der Waals surface area (Å²) in [6.45, 7) is 0. The van der Waals surface area contributed by atoms with Crippen molar-refractivity contribution in [1.82, 2.24) is 5.32 Å². The Balaban J connectivity index is 2.01. The van der Waals surface area contributed by atoms with Crippen molar-refractivity contribution in [2.45, 2.75) is 17.9 Å². The van der Waals surface area contributed by atoms with Gasteiger partial charge in [0.15, 0.2) is 0 Å². The van der Waals surface area contributed by atoms with Gasteiger partial charge in [0, 0.05) is 0 Å². The third-order valence-corrected chi connectivity index (χ3v) is 4.84. The zero-order valence-electron chi connectivity index (χ0n) is 12.9. The second-order valence-electron chi connectivity index (χ2n) is 6.16. The van der Waals surface area contributed by atoms with Crippen molar-refractivity contribution in [2.75, 3.05) is 0 Å². The molecular weight excluding hydrogens is 302 g/mol. The van der Waals surface area contributed by atoms with Crippen LogP contribution in [0.2, 0.25) is 0 Å². The Bertz CT molecular complexity index is 802. The van der Waals surface area contributed by atoms with Crippen LogP contribution < -0.4 is 5.32 Å². The van der Waals surface area contributed by atoms with E-state index in [9.17, 15) is 15.0 Å². The van der Waals surface area contributed by atoms with Crippen molar-refractivity contribution in [1.29, 1.82) is 0 Å². The Morgan fingerprint density at radius 2 is 1.46 bits per heavy atom. The van der Waals surface area contributed by atoms with E-state index in [1.807, 2.05) is 18.2 Å². The lowest BCUT2D eigenvalue weighted by Crippen LogP contribution is -2.37. The van der Waals surface area contributed by atoms with Crippen LogP contribution in [0.5, 0.6) is 11.5 Å². The van der Waals surface area contributed by atoms with Crippen molar-refractivity contribution in [3.05, 3.63) is 83.5 Å². The second-order valence-corrected chi connectivity index (χ2v) is 6.16. The third kappa shape index (κ3) is 1.96. The van der Waals surface area contributed by atoms with Crippen LogP contribution >= 0.6 is 0 Å². The molecule has 4 rings (SSSR count). The largest absolute Gasteiger partial charge is 0.508 e. The van der Waals surface area contributed by atoms with Crippen LogP contribution in [0.3, 0.4) is 0 Å². The molecule has 24 heavy (non-hydrogen) atoms. The van der Waals surface area contributed by atoms with Gasteiger partial charge in [-0.3, -0.25) is 4.79 Å². The molecule has 2 aliphatic rings. The number of benzene rings is 2. The van der Waals surface area contributed by atoms with Crippen molar-refractivity contribution >= 4 is 5.91 Å². The van der Waals surface area contributed by atoms with Gasteiger partial charge in [-0.15, -0.1) is 0 Å². The molecule has 4 nitrogen and oxygen atoms in total. The molecule has 120 valence electrons. The number of nitrogens with one attached hydrogen (secondary N) is 1. The molecule has 2 aromatic carbocycles. The van der Waals surface area contributed by atoms with E-state index >= 15 is 0 Å². The zero-order valence-corrected chi connectivity index (χ0v) is 12.9. The maximum Gasteiger partial charge on any atom is 0.239 e. The van der Waals surface area contributed by atoms with Gasteiger partial charge < -0.3 is 15.5 Å². The molecule has 0 radical (unpaired) electrons. The molecule has 0 spiro atoms. The summed E-state index contributed by atoms with van der Waals surface area (Å²) >= 11 is 0. The number of carbonyl (C=O) groups is 1. The number of aromatic hydroxyl groups is 2. The Kier molecular flexibility index (Phi) is 3.20. The van der Waals surface area contributed by atoms with Gasteiger partial charge in [0.05, 0.1) is 6.04 Å². The van der Waals surface area contributed by atoms with Crippen LogP contribution in [0.25, 0.3) is 0 Å². The number of carbonyl (C=O) groups excluding carboxylic acids is 1. The molecule has 1 heterocycles. The highest BCUT2D eigenvalue weighted by molar-refractivity contribution is 6.00. The Labute approximate surface area is 139 Å². The monoisotopic (exact) mass is 319 g/mol. The van der Waals surface area contributed by atoms with E-state index < -0.39 is 5.41 Å². The van der Waals surface area contributed by atoms with Gasteiger partial charge in [0.2, 0.25) is 5.91 Å². The van der Waals surface area contributed by atoms with Crippen LogP contribution in [0.15, 0.2) is 72.3 Å². The summed E-state index contributed by atoms with van der Waals surface area (Å²) in [5.74, 6) is 0.234. The first-order chi connectivity index (χ1) is 11.6. The summed E-state index contributed by atoms with van der Waals surface area (Å²) in [6.07, 6.45) is 6.77. The zero-order chi connectivity index (χ0) is 16.7. The average Bonchev–Trinajstić information content (AvgIpc) is 2.89. The molecule has 0 bridgehead atoms. The number of hydrogen-bond donors (Lipinski definition) is 3. The number of phenolic OH excluding ortho intramolecular Hbond substituents is 2. The fourth-order valence-electron chi connectivity index (χ4n) is 3.74. The van der Waals surface area contributed by atoms with Crippen molar-refractivity contribution in [3.63, 3.8) is 0 Å². The van der Waals surface area contributed by atoms with E-state index in [0.29, 0.717) is 0 Å². The van der Waals surface area contributed by atoms with Crippen LogP contribution in [-0.4, -0.2) is 22.2 Å². The normalized spacial score (nSPS) is 21.1. The molecule has 1 amide bonds. The molecule has 1 atom stereocenters. The van der Waals surface area contributed by atoms with E-state index in [0.717, 1.165) is 23.1 Å². The summed E-state index contributed by atoms with van der Waals surface area (Å²) in [5, 5.41) is 22.3. The highest BCUT2D eigenvalue weighted by Gasteiger charge is 2.53. The van der Waals surface area contributed by atoms with Crippen LogP contribution in [0.1, 0.15) is 17.5 Å². The van der Waals surface area contributed by atoms with E-state index in [2.05, 4.69) is 5.32 Å². The van der Waals surface area contributed by atoms with Gasteiger partial charge in [-0.2, -0.15) is 0 Å². The van der Waals surface area contributed by atoms with Crippen LogP contribution in [0.4, 0.5) is 0 Å². The van der Waals surface area contributed by atoms with Gasteiger partial charge >= 0.3 is 0 Å². The molecule has 0 saturated carbocycles. The quantitative estimate of drug-likeness (QED) is 0.797. The van der Waals surface area contributed by atoms with E-state index in [4.69, 9.17) is 0 Å². The lowest BCUT2D eigenvalue weighted by Gasteiger charge is -2.31. The minimum absolute atomic E-state index is 0.0369. The van der Waals surface area contributed by atoms with Crippen LogP contribution in [-0.2, 0) is 10.2 Å². The maximum atomic E-state index is 13.1. The highest BCUT2D eigenvalue weighted by Crippen LogP contribution is 2.47. The summed E-state index contributed by atoms with van der Waals surface area (Å²) in [6, 6.07) is 13.5. The standard InChI is InChI=1S/C20H17NO3/c22-15-9-5-13(6-10-15)20(14-7-11-16(23)12-8-14)17-3-1-2-4-18(17)21-19(20)24/h1-3,5-12,18,22-23H,4H2,(H,21,24). The number of amides is 1. The molecule has 2 aromatic rings. The second kappa shape index (κ2) is 5.27. The lowest BCUT2D eigenvalue weighted by molar-refractivity contribution is -0.122. The highest BCUT2D eigenvalue weighted by atomic mass is 16.3. The molecule has 0 aromatic heterocycles. The average molecular weight is 319 g/mol. The minimum Gasteiger partial charge on any atom is -0.508 e. The van der Waals surface area contributed by atoms with Gasteiger partial charge in [-0.1, -0.05) is 42.5 Å². The fraction of sp³-hybridized carbons (Fsp3) is 0.150. The summed E-state index contributed by atoms with van der Waals surface area (Å²) < 4.78 is 0. The third-order valence-electron chi connectivity index (χ3n) is 4.84. The minimum atomic E-state index is -0.948. The predicted molar refractivity (Wildman–Crippen MR) is 90.8 cm³/mol. The summed E-state index contributed by atoms with van der Waals surface area (Å²) in [4.78, 5) is 13.1. The van der Waals surface area contributed by atoms with Gasteiger partial charge in [-0.25, -0.2) is 0 Å². The van der Waals surface area contributed by atoms with Gasteiger partial charge in [0.25, 0.3) is 0 Å². The summed E-state index contributed by atoms with van der Waals surface area (Å²) in [5.41, 5.74) is 1.64. The molecule has 1 aliphatic carbocycles. The first-order valence-electron chi connectivity index (χ1n) is 7.89. The number of rotatable bonds is 2. The molecule has 1 saturated heterocycles. The molecular formula is C20H17NO3. The predicted octanol–water partition coefficient (Wildman–Crippen LogP) is 2.77. The molecule has 1 fully saturated rings. The number of allylic oxidation sites excluding steroid dienone is 2. The number of hydrogen-bond acceptors (Lipinski definition) is 3.